The summed E-state index contributed by atoms with van der Waals surface area (Å²) in [4.78, 5) is 12.1. The van der Waals surface area contributed by atoms with Crippen LogP contribution in [0.5, 0.6) is 0 Å². The maximum atomic E-state index is 12.1. The van der Waals surface area contributed by atoms with E-state index in [0.29, 0.717) is 17.9 Å². The largest absolute Gasteiger partial charge is 0.273 e. The van der Waals surface area contributed by atoms with Crippen molar-refractivity contribution in [2.75, 3.05) is 0 Å². The second-order valence-electron chi connectivity index (χ2n) is 6.08. The van der Waals surface area contributed by atoms with Crippen molar-refractivity contribution in [2.24, 2.45) is 11.0 Å². The molecule has 0 aromatic heterocycles. The molecule has 3 rings (SSSR count). The summed E-state index contributed by atoms with van der Waals surface area (Å²) in [7, 11) is 0. The minimum atomic E-state index is -0.107. The fourth-order valence-corrected chi connectivity index (χ4v) is 3.09. The SMILES string of the molecule is Cc1ccc(C2=NNC(=O)C(Cc3ccc(Cl)cc3)C2)c(C)c1. The molecule has 1 heterocycles. The summed E-state index contributed by atoms with van der Waals surface area (Å²) in [5, 5.41) is 4.98. The van der Waals surface area contributed by atoms with Gasteiger partial charge in [-0.15, -0.1) is 0 Å². The van der Waals surface area contributed by atoms with Crippen LogP contribution in [0, 0.1) is 19.8 Å². The van der Waals surface area contributed by atoms with E-state index in [1.807, 2.05) is 24.3 Å². The molecule has 1 aliphatic rings. The van der Waals surface area contributed by atoms with Gasteiger partial charge in [0.05, 0.1) is 5.71 Å². The van der Waals surface area contributed by atoms with E-state index in [1.165, 1.54) is 11.1 Å². The molecule has 3 nitrogen and oxygen atoms in total. The van der Waals surface area contributed by atoms with Crippen LogP contribution in [0.2, 0.25) is 5.02 Å². The lowest BCUT2D eigenvalue weighted by Gasteiger charge is -2.22. The number of aryl methyl sites for hydroxylation is 2. The molecule has 23 heavy (non-hydrogen) atoms. The molecule has 0 fully saturated rings. The molecule has 1 unspecified atom stereocenters. The van der Waals surface area contributed by atoms with Gasteiger partial charge in [0.15, 0.2) is 0 Å². The van der Waals surface area contributed by atoms with Gasteiger partial charge in [-0.3, -0.25) is 4.79 Å². The van der Waals surface area contributed by atoms with Crippen LogP contribution in [0.25, 0.3) is 0 Å². The number of hydrogen-bond donors (Lipinski definition) is 1. The third-order valence-corrected chi connectivity index (χ3v) is 4.45. The van der Waals surface area contributed by atoms with Crippen molar-refractivity contribution in [3.05, 3.63) is 69.7 Å². The van der Waals surface area contributed by atoms with Crippen LogP contribution in [0.1, 0.15) is 28.7 Å². The predicted molar refractivity (Wildman–Crippen MR) is 93.9 cm³/mol. The van der Waals surface area contributed by atoms with E-state index < -0.39 is 0 Å². The standard InChI is InChI=1S/C19H19ClN2O/c1-12-3-8-17(13(2)9-12)18-11-15(19(23)22-21-18)10-14-4-6-16(20)7-5-14/h3-9,15H,10-11H2,1-2H3,(H,22,23). The molecule has 2 aromatic carbocycles. The van der Waals surface area contributed by atoms with Gasteiger partial charge in [0.25, 0.3) is 0 Å². The Bertz CT molecular complexity index is 765. The lowest BCUT2D eigenvalue weighted by Crippen LogP contribution is -2.36. The van der Waals surface area contributed by atoms with Gasteiger partial charge >= 0.3 is 0 Å². The highest BCUT2D eigenvalue weighted by molar-refractivity contribution is 6.30. The van der Waals surface area contributed by atoms with Crippen molar-refractivity contribution in [1.29, 1.82) is 0 Å². The van der Waals surface area contributed by atoms with Crippen LogP contribution in [0.3, 0.4) is 0 Å². The van der Waals surface area contributed by atoms with Crippen LogP contribution in [0.4, 0.5) is 0 Å². The Labute approximate surface area is 141 Å². The third-order valence-electron chi connectivity index (χ3n) is 4.20. The molecule has 1 atom stereocenters. The van der Waals surface area contributed by atoms with Crippen LogP contribution in [0.15, 0.2) is 47.6 Å². The van der Waals surface area contributed by atoms with Crippen molar-refractivity contribution in [3.8, 4) is 0 Å². The fourth-order valence-electron chi connectivity index (χ4n) is 2.96. The number of nitrogens with one attached hydrogen (secondary N) is 1. The number of amides is 1. The molecule has 1 aliphatic heterocycles. The van der Waals surface area contributed by atoms with Crippen molar-refractivity contribution in [3.63, 3.8) is 0 Å². The van der Waals surface area contributed by atoms with E-state index in [0.717, 1.165) is 16.8 Å². The molecule has 1 amide bonds. The zero-order valence-electron chi connectivity index (χ0n) is 13.3. The quantitative estimate of drug-likeness (QED) is 0.908. The molecule has 2 aromatic rings. The Hall–Kier alpha value is -2.13. The van der Waals surface area contributed by atoms with Crippen molar-refractivity contribution in [2.45, 2.75) is 26.7 Å². The lowest BCUT2D eigenvalue weighted by atomic mass is 9.88. The normalized spacial score (nSPS) is 17.6. The number of nitrogens with zero attached hydrogens (tertiary/aromatic N) is 1. The summed E-state index contributed by atoms with van der Waals surface area (Å²) >= 11 is 5.92. The molecule has 0 saturated heterocycles. The van der Waals surface area contributed by atoms with Crippen LogP contribution >= 0.6 is 11.6 Å². The average Bonchev–Trinajstić information content (AvgIpc) is 2.52. The van der Waals surface area contributed by atoms with Crippen molar-refractivity contribution < 1.29 is 4.79 Å². The van der Waals surface area contributed by atoms with Gasteiger partial charge in [-0.1, -0.05) is 47.5 Å². The summed E-state index contributed by atoms with van der Waals surface area (Å²) in [6, 6.07) is 14.0. The summed E-state index contributed by atoms with van der Waals surface area (Å²) in [6.45, 7) is 4.15. The van der Waals surface area contributed by atoms with Crippen LogP contribution < -0.4 is 5.43 Å². The second kappa shape index (κ2) is 6.55. The van der Waals surface area contributed by atoms with E-state index in [-0.39, 0.29) is 11.8 Å². The first-order valence-corrected chi connectivity index (χ1v) is 8.09. The molecule has 0 radical (unpaired) electrons. The van der Waals surface area contributed by atoms with Gasteiger partial charge in [-0.05, 0) is 43.5 Å². The van der Waals surface area contributed by atoms with Gasteiger partial charge in [-0.2, -0.15) is 5.10 Å². The van der Waals surface area contributed by atoms with E-state index >= 15 is 0 Å². The first kappa shape index (κ1) is 15.8. The van der Waals surface area contributed by atoms with Gasteiger partial charge < -0.3 is 0 Å². The topological polar surface area (TPSA) is 41.5 Å². The smallest absolute Gasteiger partial charge is 0.243 e. The number of carbonyl (C=O) groups excluding carboxylic acids is 1. The van der Waals surface area contributed by atoms with Crippen molar-refractivity contribution >= 4 is 23.2 Å². The zero-order valence-corrected chi connectivity index (χ0v) is 14.0. The monoisotopic (exact) mass is 326 g/mol. The van der Waals surface area contributed by atoms with Crippen LogP contribution in [-0.4, -0.2) is 11.6 Å². The highest BCUT2D eigenvalue weighted by Gasteiger charge is 2.26. The summed E-state index contributed by atoms with van der Waals surface area (Å²) in [6.07, 6.45) is 1.34. The van der Waals surface area contributed by atoms with Gasteiger partial charge in [0.1, 0.15) is 0 Å². The maximum absolute atomic E-state index is 12.1. The summed E-state index contributed by atoms with van der Waals surface area (Å²) in [5.41, 5.74) is 8.25. The average molecular weight is 327 g/mol. The van der Waals surface area contributed by atoms with E-state index in [9.17, 15) is 4.79 Å². The molecule has 1 N–H and O–H groups in total. The highest BCUT2D eigenvalue weighted by atomic mass is 35.5. The number of hydrazone groups is 1. The molecule has 0 bridgehead atoms. The Balaban J connectivity index is 1.80. The Kier molecular flexibility index (Phi) is 4.49. The Morgan fingerprint density at radius 2 is 1.91 bits per heavy atom. The number of hydrogen-bond acceptors (Lipinski definition) is 2. The first-order valence-electron chi connectivity index (χ1n) is 7.71. The minimum Gasteiger partial charge on any atom is -0.273 e. The van der Waals surface area contributed by atoms with Gasteiger partial charge in [0, 0.05) is 22.9 Å². The Morgan fingerprint density at radius 1 is 1.17 bits per heavy atom. The molecule has 0 spiro atoms. The first-order chi connectivity index (χ1) is 11.0. The predicted octanol–water partition coefficient (Wildman–Crippen LogP) is 4.04. The number of benzene rings is 2. The van der Waals surface area contributed by atoms with E-state index in [4.69, 9.17) is 11.6 Å². The molecule has 0 saturated carbocycles. The van der Waals surface area contributed by atoms with Crippen molar-refractivity contribution in [1.82, 2.24) is 5.43 Å². The van der Waals surface area contributed by atoms with E-state index in [2.05, 4.69) is 42.6 Å². The highest BCUT2D eigenvalue weighted by Crippen LogP contribution is 2.22. The molecule has 118 valence electrons. The molecule has 4 heteroatoms. The number of rotatable bonds is 3. The third kappa shape index (κ3) is 3.62. The zero-order chi connectivity index (χ0) is 16.4. The number of halogens is 1. The minimum absolute atomic E-state index is 0.0199. The van der Waals surface area contributed by atoms with Gasteiger partial charge in [0.2, 0.25) is 5.91 Å². The molecular weight excluding hydrogens is 308 g/mol. The fraction of sp³-hybridized carbons (Fsp3) is 0.263. The van der Waals surface area contributed by atoms with Crippen LogP contribution in [-0.2, 0) is 11.2 Å². The lowest BCUT2D eigenvalue weighted by molar-refractivity contribution is -0.125. The van der Waals surface area contributed by atoms with E-state index in [1.54, 1.807) is 0 Å². The summed E-state index contributed by atoms with van der Waals surface area (Å²) in [5.74, 6) is -0.127. The molecule has 0 aliphatic carbocycles. The Morgan fingerprint density at radius 3 is 2.61 bits per heavy atom. The summed E-state index contributed by atoms with van der Waals surface area (Å²) < 4.78 is 0. The maximum Gasteiger partial charge on any atom is 0.243 e. The number of carbonyl (C=O) groups is 1. The second-order valence-corrected chi connectivity index (χ2v) is 6.52. The molecular formula is C19H19ClN2O. The van der Waals surface area contributed by atoms with Gasteiger partial charge in [-0.25, -0.2) is 5.43 Å².